The maximum Gasteiger partial charge on any atom is 0.410 e. The number of fused-ring (bicyclic) bond motifs is 2. The second-order valence-electron chi connectivity index (χ2n) is 11.6. The number of likely N-dealkylation sites (tertiary alicyclic amines) is 1. The van der Waals surface area contributed by atoms with Gasteiger partial charge in [-0.25, -0.2) is 17.6 Å². The van der Waals surface area contributed by atoms with Crippen molar-refractivity contribution in [1.82, 2.24) is 19.7 Å². The Bertz CT molecular complexity index is 1320. The summed E-state index contributed by atoms with van der Waals surface area (Å²) in [5, 5.41) is 6.78. The minimum atomic E-state index is -3.49. The molecule has 216 valence electrons. The number of benzene rings is 1. The SMILES string of the molecule is O=C(NC1C[C@H]2CC[C@@H](C1)N2S(=O)(=O)CC1CCN(C(=O)OCc2ccccc2)CC1)c1cc([C@H]2C[C@@H]2F)on1. The van der Waals surface area contributed by atoms with Crippen LogP contribution in [0.25, 0.3) is 0 Å². The van der Waals surface area contributed by atoms with E-state index in [1.807, 2.05) is 30.3 Å². The molecule has 4 heterocycles. The average Bonchev–Trinajstić information content (AvgIpc) is 3.34. The molecule has 5 atom stereocenters. The van der Waals surface area contributed by atoms with Crippen molar-refractivity contribution in [2.75, 3.05) is 18.8 Å². The number of sulfonamides is 1. The van der Waals surface area contributed by atoms with Crippen LogP contribution >= 0.6 is 0 Å². The van der Waals surface area contributed by atoms with Crippen molar-refractivity contribution in [3.8, 4) is 0 Å². The third-order valence-electron chi connectivity index (χ3n) is 8.69. The van der Waals surface area contributed by atoms with Crippen LogP contribution in [0.5, 0.6) is 0 Å². The number of carbonyl (C=O) groups is 2. The Morgan fingerprint density at radius 1 is 1.05 bits per heavy atom. The molecule has 2 aromatic rings. The van der Waals surface area contributed by atoms with Gasteiger partial charge in [0.2, 0.25) is 10.0 Å². The van der Waals surface area contributed by atoms with Gasteiger partial charge in [-0.15, -0.1) is 0 Å². The van der Waals surface area contributed by atoms with Gasteiger partial charge in [-0.2, -0.15) is 4.31 Å². The molecule has 2 amide bonds. The van der Waals surface area contributed by atoms with E-state index < -0.39 is 16.2 Å². The van der Waals surface area contributed by atoms with Gasteiger partial charge in [0.1, 0.15) is 18.5 Å². The average molecular weight is 575 g/mol. The molecule has 4 aliphatic rings. The highest BCUT2D eigenvalue weighted by atomic mass is 32.2. The molecular weight excluding hydrogens is 539 g/mol. The van der Waals surface area contributed by atoms with E-state index in [0.29, 0.717) is 51.0 Å². The first kappa shape index (κ1) is 27.2. The lowest BCUT2D eigenvalue weighted by Crippen LogP contribution is -2.53. The van der Waals surface area contributed by atoms with Crippen molar-refractivity contribution in [1.29, 1.82) is 0 Å². The number of aromatic nitrogens is 1. The molecule has 40 heavy (non-hydrogen) atoms. The molecule has 3 aliphatic heterocycles. The molecule has 2 bridgehead atoms. The summed E-state index contributed by atoms with van der Waals surface area (Å²) in [7, 11) is -3.49. The quantitative estimate of drug-likeness (QED) is 0.511. The van der Waals surface area contributed by atoms with E-state index in [1.165, 1.54) is 6.07 Å². The fourth-order valence-corrected chi connectivity index (χ4v) is 8.86. The van der Waals surface area contributed by atoms with Crippen LogP contribution in [0.15, 0.2) is 40.9 Å². The van der Waals surface area contributed by atoms with E-state index in [9.17, 15) is 22.4 Å². The molecule has 1 aromatic heterocycles. The molecule has 6 rings (SSSR count). The van der Waals surface area contributed by atoms with Gasteiger partial charge in [0.15, 0.2) is 5.69 Å². The first-order valence-electron chi connectivity index (χ1n) is 14.1. The minimum Gasteiger partial charge on any atom is -0.445 e. The van der Waals surface area contributed by atoms with Crippen LogP contribution in [0.4, 0.5) is 9.18 Å². The van der Waals surface area contributed by atoms with E-state index in [1.54, 1.807) is 9.21 Å². The highest BCUT2D eigenvalue weighted by Crippen LogP contribution is 2.43. The van der Waals surface area contributed by atoms with Gasteiger partial charge >= 0.3 is 6.09 Å². The van der Waals surface area contributed by atoms with E-state index >= 15 is 0 Å². The summed E-state index contributed by atoms with van der Waals surface area (Å²) in [4.78, 5) is 26.8. The first-order chi connectivity index (χ1) is 19.3. The normalized spacial score (nSPS) is 28.8. The predicted molar refractivity (Wildman–Crippen MR) is 143 cm³/mol. The molecule has 1 aromatic carbocycles. The molecule has 0 spiro atoms. The van der Waals surface area contributed by atoms with Crippen molar-refractivity contribution in [3.63, 3.8) is 0 Å². The van der Waals surface area contributed by atoms with Crippen LogP contribution in [0, 0.1) is 5.92 Å². The number of piperidine rings is 2. The number of rotatable bonds is 8. The van der Waals surface area contributed by atoms with E-state index in [-0.39, 0.29) is 60.0 Å². The largest absolute Gasteiger partial charge is 0.445 e. The van der Waals surface area contributed by atoms with Crippen molar-refractivity contribution in [3.05, 3.63) is 53.4 Å². The van der Waals surface area contributed by atoms with Crippen molar-refractivity contribution >= 4 is 22.0 Å². The molecule has 1 unspecified atom stereocenters. The molecule has 0 radical (unpaired) electrons. The Morgan fingerprint density at radius 3 is 2.38 bits per heavy atom. The fourth-order valence-electron chi connectivity index (χ4n) is 6.47. The number of nitrogens with zero attached hydrogens (tertiary/aromatic N) is 3. The third kappa shape index (κ3) is 5.88. The number of halogens is 1. The maximum absolute atomic E-state index is 13.5. The van der Waals surface area contributed by atoms with Gasteiger partial charge < -0.3 is 19.5 Å². The molecule has 1 N–H and O–H groups in total. The van der Waals surface area contributed by atoms with Gasteiger partial charge in [-0.05, 0) is 56.4 Å². The first-order valence-corrected chi connectivity index (χ1v) is 15.8. The van der Waals surface area contributed by atoms with Crippen LogP contribution < -0.4 is 5.32 Å². The van der Waals surface area contributed by atoms with E-state index in [4.69, 9.17) is 9.26 Å². The zero-order valence-electron chi connectivity index (χ0n) is 22.3. The number of nitrogens with one attached hydrogen (secondary N) is 1. The lowest BCUT2D eigenvalue weighted by atomic mass is 9.99. The van der Waals surface area contributed by atoms with Gasteiger partial charge in [0, 0.05) is 37.3 Å². The summed E-state index contributed by atoms with van der Waals surface area (Å²) >= 11 is 0. The van der Waals surface area contributed by atoms with E-state index in [2.05, 4.69) is 10.5 Å². The second-order valence-corrected chi connectivity index (χ2v) is 13.5. The number of hydrogen-bond acceptors (Lipinski definition) is 7. The Hall–Kier alpha value is -2.99. The lowest BCUT2D eigenvalue weighted by molar-refractivity contribution is 0.0838. The Balaban J connectivity index is 0.976. The van der Waals surface area contributed by atoms with Crippen LogP contribution in [-0.4, -0.2) is 77.9 Å². The molecule has 1 aliphatic carbocycles. The van der Waals surface area contributed by atoms with Crippen molar-refractivity contribution in [2.24, 2.45) is 5.92 Å². The Labute approximate surface area is 233 Å². The topological polar surface area (TPSA) is 122 Å². The fraction of sp³-hybridized carbons (Fsp3) is 0.607. The summed E-state index contributed by atoms with van der Waals surface area (Å²) in [6.07, 6.45) is 2.97. The zero-order chi connectivity index (χ0) is 27.9. The number of alkyl halides is 1. The summed E-state index contributed by atoms with van der Waals surface area (Å²) < 4.78 is 52.6. The van der Waals surface area contributed by atoms with Crippen molar-refractivity contribution in [2.45, 2.75) is 81.8 Å². The Morgan fingerprint density at radius 2 is 1.73 bits per heavy atom. The van der Waals surface area contributed by atoms with E-state index in [0.717, 1.165) is 18.4 Å². The summed E-state index contributed by atoms with van der Waals surface area (Å²) in [5.74, 6) is -0.229. The number of amides is 2. The molecule has 1 saturated carbocycles. The molecule has 4 fully saturated rings. The minimum absolute atomic E-state index is 0.0169. The van der Waals surface area contributed by atoms with Crippen LogP contribution in [0.1, 0.15) is 72.7 Å². The standard InChI is InChI=1S/C28H35FN4O6S/c29-24-14-23(24)26-15-25(31-39-26)27(34)30-20-12-21-6-7-22(13-20)33(21)40(36,37)17-19-8-10-32(11-9-19)28(35)38-16-18-4-2-1-3-5-18/h1-5,15,19-24H,6-14,16-17H2,(H,30,34)/t20?,21-,22+,23-,24-/m0/s1. The highest BCUT2D eigenvalue weighted by Gasteiger charge is 2.48. The smallest absolute Gasteiger partial charge is 0.410 e. The van der Waals surface area contributed by atoms with Crippen LogP contribution in [0.2, 0.25) is 0 Å². The summed E-state index contributed by atoms with van der Waals surface area (Å²) in [5.41, 5.74) is 1.05. The maximum atomic E-state index is 13.5. The number of hydrogen-bond donors (Lipinski definition) is 1. The number of ether oxygens (including phenoxy) is 1. The lowest BCUT2D eigenvalue weighted by Gasteiger charge is -2.39. The number of carbonyl (C=O) groups excluding carboxylic acids is 2. The zero-order valence-corrected chi connectivity index (χ0v) is 23.1. The van der Waals surface area contributed by atoms with Gasteiger partial charge in [-0.3, -0.25) is 4.79 Å². The summed E-state index contributed by atoms with van der Waals surface area (Å²) in [6.45, 7) is 1.17. The van der Waals surface area contributed by atoms with Crippen LogP contribution in [-0.2, 0) is 21.4 Å². The Kier molecular flexibility index (Phi) is 7.56. The van der Waals surface area contributed by atoms with Gasteiger partial charge in [0.05, 0.1) is 11.7 Å². The molecule has 12 heteroatoms. The molecule has 3 saturated heterocycles. The van der Waals surface area contributed by atoms with Crippen LogP contribution in [0.3, 0.4) is 0 Å². The molecule has 10 nitrogen and oxygen atoms in total. The second kappa shape index (κ2) is 11.1. The third-order valence-corrected chi connectivity index (χ3v) is 10.8. The highest BCUT2D eigenvalue weighted by molar-refractivity contribution is 7.89. The summed E-state index contributed by atoms with van der Waals surface area (Å²) in [6, 6.07) is 10.6. The molecular formula is C28H35FN4O6S. The monoisotopic (exact) mass is 574 g/mol. The van der Waals surface area contributed by atoms with Gasteiger partial charge in [0.25, 0.3) is 5.91 Å². The van der Waals surface area contributed by atoms with Gasteiger partial charge in [-0.1, -0.05) is 35.5 Å². The van der Waals surface area contributed by atoms with Crippen molar-refractivity contribution < 1.29 is 31.7 Å². The predicted octanol–water partition coefficient (Wildman–Crippen LogP) is 3.60.